The third-order valence-electron chi connectivity index (χ3n) is 5.99. The summed E-state index contributed by atoms with van der Waals surface area (Å²) in [6, 6.07) is 0. The summed E-state index contributed by atoms with van der Waals surface area (Å²) < 4.78 is 35.3. The van der Waals surface area contributed by atoms with Crippen LogP contribution in [0.4, 0.5) is 0 Å². The maximum absolute atomic E-state index is 10.9. The van der Waals surface area contributed by atoms with Crippen LogP contribution in [0.3, 0.4) is 0 Å². The van der Waals surface area contributed by atoms with Gasteiger partial charge in [-0.2, -0.15) is 8.42 Å². The standard InChI is InChI=1S/C26H52O4S/c1-3-5-7-9-11-12-13-14-15-16-17-18-20-22-24-26(25-30-31(27,28)29)23-21-19-10-8-6-4-2/h21,23,26H,3-20,22,24-25H2,1-2H3,(H,27,28,29)/b23-21+. The van der Waals surface area contributed by atoms with Crippen LogP contribution in [0.5, 0.6) is 0 Å². The summed E-state index contributed by atoms with van der Waals surface area (Å²) in [5.41, 5.74) is 0. The maximum Gasteiger partial charge on any atom is 0.397 e. The van der Waals surface area contributed by atoms with Crippen molar-refractivity contribution in [2.24, 2.45) is 5.92 Å². The van der Waals surface area contributed by atoms with Crippen molar-refractivity contribution in [2.45, 2.75) is 142 Å². The normalized spacial score (nSPS) is 13.3. The zero-order valence-corrected chi connectivity index (χ0v) is 21.5. The van der Waals surface area contributed by atoms with E-state index in [1.807, 2.05) is 0 Å². The van der Waals surface area contributed by atoms with Gasteiger partial charge in [0.25, 0.3) is 0 Å². The van der Waals surface area contributed by atoms with Crippen LogP contribution < -0.4 is 0 Å². The van der Waals surface area contributed by atoms with Gasteiger partial charge in [0.05, 0.1) is 6.61 Å². The van der Waals surface area contributed by atoms with Crippen molar-refractivity contribution >= 4 is 10.4 Å². The van der Waals surface area contributed by atoms with Crippen LogP contribution in [0.1, 0.15) is 142 Å². The van der Waals surface area contributed by atoms with Crippen molar-refractivity contribution in [3.63, 3.8) is 0 Å². The molecule has 0 saturated carbocycles. The lowest BCUT2D eigenvalue weighted by Gasteiger charge is -2.12. The average Bonchev–Trinajstić information content (AvgIpc) is 2.73. The SMILES string of the molecule is CCCCCC/C=C/C(CCCCCCCCCCCCCCCC)COS(=O)(=O)O. The molecule has 0 radical (unpaired) electrons. The summed E-state index contributed by atoms with van der Waals surface area (Å²) in [4.78, 5) is 0. The molecule has 0 rings (SSSR count). The lowest BCUT2D eigenvalue weighted by Crippen LogP contribution is -2.12. The molecule has 4 nitrogen and oxygen atoms in total. The highest BCUT2D eigenvalue weighted by Gasteiger charge is 2.11. The van der Waals surface area contributed by atoms with Crippen LogP contribution in [0.25, 0.3) is 0 Å². The second-order valence-electron chi connectivity index (χ2n) is 9.13. The minimum atomic E-state index is -4.35. The fourth-order valence-electron chi connectivity index (χ4n) is 3.99. The van der Waals surface area contributed by atoms with Crippen molar-refractivity contribution in [3.05, 3.63) is 12.2 Å². The van der Waals surface area contributed by atoms with Crippen LogP contribution in [-0.2, 0) is 14.6 Å². The highest BCUT2D eigenvalue weighted by Crippen LogP contribution is 2.17. The molecule has 0 aliphatic rings. The molecule has 0 aliphatic heterocycles. The Balaban J connectivity index is 3.75. The fraction of sp³-hybridized carbons (Fsp3) is 0.923. The third kappa shape index (κ3) is 25.7. The van der Waals surface area contributed by atoms with E-state index in [9.17, 15) is 8.42 Å². The predicted octanol–water partition coefficient (Wildman–Crippen LogP) is 8.82. The Bertz CT molecular complexity index is 488. The number of rotatable bonds is 24. The molecule has 0 fully saturated rings. The lowest BCUT2D eigenvalue weighted by atomic mass is 9.99. The quantitative estimate of drug-likeness (QED) is 0.0887. The second kappa shape index (κ2) is 22.8. The Kier molecular flexibility index (Phi) is 22.5. The van der Waals surface area contributed by atoms with Gasteiger partial charge in [-0.05, 0) is 19.3 Å². The Morgan fingerprint density at radius 1 is 0.677 bits per heavy atom. The maximum atomic E-state index is 10.9. The molecule has 1 atom stereocenters. The number of hydrogen-bond donors (Lipinski definition) is 1. The molecule has 0 bridgehead atoms. The van der Waals surface area contributed by atoms with Crippen LogP contribution >= 0.6 is 0 Å². The van der Waals surface area contributed by atoms with Gasteiger partial charge in [0.1, 0.15) is 0 Å². The number of unbranched alkanes of at least 4 members (excludes halogenated alkanes) is 17. The summed E-state index contributed by atoms with van der Waals surface area (Å²) in [5.74, 6) is 0.0606. The zero-order chi connectivity index (χ0) is 23.0. The molecule has 0 spiro atoms. The van der Waals surface area contributed by atoms with E-state index in [1.54, 1.807) is 0 Å². The van der Waals surface area contributed by atoms with E-state index in [4.69, 9.17) is 4.55 Å². The first kappa shape index (κ1) is 30.6. The number of hydrogen-bond acceptors (Lipinski definition) is 3. The minimum Gasteiger partial charge on any atom is -0.264 e. The van der Waals surface area contributed by atoms with E-state index in [0.717, 1.165) is 19.3 Å². The second-order valence-corrected chi connectivity index (χ2v) is 10.2. The van der Waals surface area contributed by atoms with Gasteiger partial charge in [0.15, 0.2) is 0 Å². The molecule has 0 amide bonds. The van der Waals surface area contributed by atoms with Crippen molar-refractivity contribution in [2.75, 3.05) is 6.61 Å². The summed E-state index contributed by atoms with van der Waals surface area (Å²) in [5, 5.41) is 0. The summed E-state index contributed by atoms with van der Waals surface area (Å²) in [6.45, 7) is 4.52. The van der Waals surface area contributed by atoms with Gasteiger partial charge < -0.3 is 0 Å². The van der Waals surface area contributed by atoms with Crippen LogP contribution in [-0.4, -0.2) is 19.6 Å². The van der Waals surface area contributed by atoms with Gasteiger partial charge in [-0.15, -0.1) is 0 Å². The molecule has 5 heteroatoms. The summed E-state index contributed by atoms with van der Waals surface area (Å²) in [7, 11) is -4.35. The van der Waals surface area contributed by atoms with Crippen LogP contribution in [0.15, 0.2) is 12.2 Å². The molecule has 31 heavy (non-hydrogen) atoms. The molecule has 0 aliphatic carbocycles. The molecule has 0 heterocycles. The van der Waals surface area contributed by atoms with Crippen LogP contribution in [0.2, 0.25) is 0 Å². The first-order valence-corrected chi connectivity index (χ1v) is 14.6. The van der Waals surface area contributed by atoms with Gasteiger partial charge in [-0.3, -0.25) is 4.55 Å². The fourth-order valence-corrected chi connectivity index (χ4v) is 4.33. The minimum absolute atomic E-state index is 0.0444. The summed E-state index contributed by atoms with van der Waals surface area (Å²) in [6.07, 6.45) is 29.7. The lowest BCUT2D eigenvalue weighted by molar-refractivity contribution is 0.234. The first-order valence-electron chi connectivity index (χ1n) is 13.3. The highest BCUT2D eigenvalue weighted by atomic mass is 32.3. The van der Waals surface area contributed by atoms with Crippen molar-refractivity contribution < 1.29 is 17.2 Å². The topological polar surface area (TPSA) is 63.6 Å². The molecule has 0 aromatic heterocycles. The molecule has 186 valence electrons. The summed E-state index contributed by atoms with van der Waals surface area (Å²) >= 11 is 0. The van der Waals surface area contributed by atoms with Gasteiger partial charge in [0, 0.05) is 5.92 Å². The molecule has 1 unspecified atom stereocenters. The predicted molar refractivity (Wildman–Crippen MR) is 134 cm³/mol. The molecule has 0 aromatic rings. The Hall–Kier alpha value is -0.390. The molecular weight excluding hydrogens is 408 g/mol. The largest absolute Gasteiger partial charge is 0.397 e. The molecular formula is C26H52O4S. The van der Waals surface area contributed by atoms with E-state index in [-0.39, 0.29) is 12.5 Å². The first-order chi connectivity index (χ1) is 15.0. The number of allylic oxidation sites excluding steroid dienone is 1. The van der Waals surface area contributed by atoms with Gasteiger partial charge >= 0.3 is 10.4 Å². The highest BCUT2D eigenvalue weighted by molar-refractivity contribution is 7.80. The molecule has 0 saturated heterocycles. The van der Waals surface area contributed by atoms with E-state index in [1.165, 1.54) is 109 Å². The monoisotopic (exact) mass is 460 g/mol. The zero-order valence-electron chi connectivity index (χ0n) is 20.7. The van der Waals surface area contributed by atoms with Crippen molar-refractivity contribution in [1.29, 1.82) is 0 Å². The third-order valence-corrected chi connectivity index (χ3v) is 6.43. The van der Waals surface area contributed by atoms with E-state index in [0.29, 0.717) is 0 Å². The van der Waals surface area contributed by atoms with Crippen molar-refractivity contribution in [3.8, 4) is 0 Å². The Labute approximate surface area is 194 Å². The van der Waals surface area contributed by atoms with E-state index < -0.39 is 10.4 Å². The van der Waals surface area contributed by atoms with E-state index >= 15 is 0 Å². The Morgan fingerprint density at radius 2 is 1.10 bits per heavy atom. The molecule has 1 N–H and O–H groups in total. The average molecular weight is 461 g/mol. The van der Waals surface area contributed by atoms with E-state index in [2.05, 4.69) is 30.2 Å². The van der Waals surface area contributed by atoms with Crippen molar-refractivity contribution in [1.82, 2.24) is 0 Å². The van der Waals surface area contributed by atoms with Gasteiger partial charge in [-0.1, -0.05) is 135 Å². The van der Waals surface area contributed by atoms with Crippen LogP contribution in [0, 0.1) is 5.92 Å². The van der Waals surface area contributed by atoms with Gasteiger partial charge in [-0.25, -0.2) is 4.18 Å². The smallest absolute Gasteiger partial charge is 0.264 e. The Morgan fingerprint density at radius 3 is 1.55 bits per heavy atom. The van der Waals surface area contributed by atoms with Gasteiger partial charge in [0.2, 0.25) is 0 Å². The molecule has 0 aromatic carbocycles.